The van der Waals surface area contributed by atoms with Crippen molar-refractivity contribution in [3.8, 4) is 0 Å². The highest BCUT2D eigenvalue weighted by molar-refractivity contribution is 7.85. The van der Waals surface area contributed by atoms with E-state index < -0.39 is 10.1 Å². The number of rotatable bonds is 5. The number of hydrogen-bond donors (Lipinski definition) is 1. The fourth-order valence-electron chi connectivity index (χ4n) is 1.25. The lowest BCUT2D eigenvalue weighted by atomic mass is 10.1. The van der Waals surface area contributed by atoms with Crippen LogP contribution in [0.5, 0.6) is 0 Å². The van der Waals surface area contributed by atoms with E-state index in [1.807, 2.05) is 0 Å². The van der Waals surface area contributed by atoms with Crippen molar-refractivity contribution < 1.29 is 13.0 Å². The minimum atomic E-state index is -4.07. The molecule has 0 radical (unpaired) electrons. The molecule has 1 aromatic carbocycles. The van der Waals surface area contributed by atoms with Crippen LogP contribution in [0, 0.1) is 0 Å². The van der Waals surface area contributed by atoms with Gasteiger partial charge in [0.2, 0.25) is 0 Å². The number of halogens is 1. The fraction of sp³-hybridized carbons (Fsp3) is 0.400. The number of benzene rings is 1. The van der Waals surface area contributed by atoms with E-state index >= 15 is 0 Å². The molecule has 0 atom stereocenters. The van der Waals surface area contributed by atoms with Crippen LogP contribution >= 0.6 is 11.6 Å². The van der Waals surface area contributed by atoms with Gasteiger partial charge in [0, 0.05) is 5.88 Å². The van der Waals surface area contributed by atoms with E-state index in [4.69, 9.17) is 16.2 Å². The Labute approximate surface area is 94.8 Å². The van der Waals surface area contributed by atoms with Crippen LogP contribution in [0.4, 0.5) is 0 Å². The van der Waals surface area contributed by atoms with Crippen molar-refractivity contribution in [2.24, 2.45) is 0 Å². The van der Waals surface area contributed by atoms with Crippen LogP contribution in [-0.4, -0.2) is 18.9 Å². The zero-order valence-corrected chi connectivity index (χ0v) is 9.76. The van der Waals surface area contributed by atoms with E-state index in [0.29, 0.717) is 5.88 Å². The molecule has 0 aliphatic heterocycles. The second-order valence-electron chi connectivity index (χ2n) is 3.27. The summed E-state index contributed by atoms with van der Waals surface area (Å²) in [4.78, 5) is -0.0661. The van der Waals surface area contributed by atoms with Crippen molar-refractivity contribution in [2.75, 3.05) is 5.88 Å². The number of unbranched alkanes of at least 4 members (excludes halogenated alkanes) is 1. The number of aryl methyl sites for hydroxylation is 1. The van der Waals surface area contributed by atoms with Crippen LogP contribution in [0.2, 0.25) is 0 Å². The second kappa shape index (κ2) is 5.49. The van der Waals surface area contributed by atoms with Gasteiger partial charge >= 0.3 is 0 Å². The first-order chi connectivity index (χ1) is 7.04. The topological polar surface area (TPSA) is 54.4 Å². The van der Waals surface area contributed by atoms with E-state index in [2.05, 4.69) is 0 Å². The Morgan fingerprint density at radius 3 is 2.20 bits per heavy atom. The van der Waals surface area contributed by atoms with E-state index in [1.54, 1.807) is 12.1 Å². The zero-order chi connectivity index (χ0) is 11.3. The highest BCUT2D eigenvalue weighted by Gasteiger charge is 2.07. The van der Waals surface area contributed by atoms with Gasteiger partial charge in [-0.3, -0.25) is 4.55 Å². The van der Waals surface area contributed by atoms with Crippen molar-refractivity contribution in [1.82, 2.24) is 0 Å². The molecule has 3 nitrogen and oxygen atoms in total. The first kappa shape index (κ1) is 12.5. The Balaban J connectivity index is 2.65. The van der Waals surface area contributed by atoms with Gasteiger partial charge in [-0.2, -0.15) is 8.42 Å². The molecule has 5 heteroatoms. The molecule has 0 bridgehead atoms. The highest BCUT2D eigenvalue weighted by Crippen LogP contribution is 2.12. The number of hydrogen-bond acceptors (Lipinski definition) is 2. The summed E-state index contributed by atoms with van der Waals surface area (Å²) in [6.07, 6.45) is 2.80. The minimum absolute atomic E-state index is 0.0661. The molecule has 0 amide bonds. The third-order valence-electron chi connectivity index (χ3n) is 2.07. The van der Waals surface area contributed by atoms with Crippen molar-refractivity contribution in [1.29, 1.82) is 0 Å². The average molecular weight is 249 g/mol. The first-order valence-corrected chi connectivity index (χ1v) is 6.64. The lowest BCUT2D eigenvalue weighted by Gasteiger charge is -2.01. The van der Waals surface area contributed by atoms with Gasteiger partial charge < -0.3 is 0 Å². The molecule has 1 aromatic rings. The van der Waals surface area contributed by atoms with E-state index in [-0.39, 0.29) is 4.90 Å². The maximum atomic E-state index is 10.7. The Morgan fingerprint density at radius 1 is 1.13 bits per heavy atom. The van der Waals surface area contributed by atoms with E-state index in [9.17, 15) is 8.42 Å². The van der Waals surface area contributed by atoms with E-state index in [0.717, 1.165) is 24.8 Å². The Kier molecular flexibility index (Phi) is 4.57. The lowest BCUT2D eigenvalue weighted by Crippen LogP contribution is -1.98. The maximum absolute atomic E-state index is 10.7. The smallest absolute Gasteiger partial charge is 0.282 e. The zero-order valence-electron chi connectivity index (χ0n) is 8.19. The minimum Gasteiger partial charge on any atom is -0.282 e. The van der Waals surface area contributed by atoms with Gasteiger partial charge in [0.1, 0.15) is 0 Å². The predicted octanol–water partition coefficient (Wildman–Crippen LogP) is 2.49. The summed E-state index contributed by atoms with van der Waals surface area (Å²) in [6, 6.07) is 6.23. The standard InChI is InChI=1S/C10H13ClO3S/c11-8-2-1-3-9-4-6-10(7-5-9)15(12,13)14/h4-7H,1-3,8H2,(H,12,13,14). The molecule has 0 aliphatic carbocycles. The molecule has 15 heavy (non-hydrogen) atoms. The van der Waals surface area contributed by atoms with Gasteiger partial charge in [0.05, 0.1) is 4.90 Å². The second-order valence-corrected chi connectivity index (χ2v) is 5.06. The molecule has 0 unspecified atom stereocenters. The quantitative estimate of drug-likeness (QED) is 0.495. The molecule has 1 N–H and O–H groups in total. The molecule has 0 aromatic heterocycles. The van der Waals surface area contributed by atoms with Crippen LogP contribution in [0.1, 0.15) is 18.4 Å². The Morgan fingerprint density at radius 2 is 1.73 bits per heavy atom. The number of alkyl halides is 1. The molecular formula is C10H13ClO3S. The van der Waals surface area contributed by atoms with Gasteiger partial charge in [-0.05, 0) is 37.0 Å². The largest absolute Gasteiger partial charge is 0.294 e. The molecule has 0 fully saturated rings. The van der Waals surface area contributed by atoms with Gasteiger partial charge in [0.15, 0.2) is 0 Å². The third-order valence-corrected chi connectivity index (χ3v) is 3.21. The average Bonchev–Trinajstić information content (AvgIpc) is 2.18. The van der Waals surface area contributed by atoms with Crippen LogP contribution in [0.15, 0.2) is 29.2 Å². The van der Waals surface area contributed by atoms with Crippen molar-refractivity contribution in [3.05, 3.63) is 29.8 Å². The predicted molar refractivity (Wildman–Crippen MR) is 59.9 cm³/mol. The molecule has 1 rings (SSSR count). The molecule has 0 aliphatic rings. The van der Waals surface area contributed by atoms with Crippen LogP contribution in [0.25, 0.3) is 0 Å². The normalized spacial score (nSPS) is 11.6. The maximum Gasteiger partial charge on any atom is 0.294 e. The van der Waals surface area contributed by atoms with Crippen molar-refractivity contribution in [2.45, 2.75) is 24.2 Å². The van der Waals surface area contributed by atoms with E-state index in [1.165, 1.54) is 12.1 Å². The van der Waals surface area contributed by atoms with Gasteiger partial charge in [-0.25, -0.2) is 0 Å². The summed E-state index contributed by atoms with van der Waals surface area (Å²) >= 11 is 5.54. The monoisotopic (exact) mass is 248 g/mol. The molecule has 0 heterocycles. The molecule has 0 saturated carbocycles. The lowest BCUT2D eigenvalue weighted by molar-refractivity contribution is 0.483. The van der Waals surface area contributed by atoms with Crippen molar-refractivity contribution >= 4 is 21.7 Å². The molecular weight excluding hydrogens is 236 g/mol. The SMILES string of the molecule is O=S(=O)(O)c1ccc(CCCCCl)cc1. The van der Waals surface area contributed by atoms with Gasteiger partial charge in [-0.1, -0.05) is 12.1 Å². The van der Waals surface area contributed by atoms with Gasteiger partial charge in [-0.15, -0.1) is 11.6 Å². The van der Waals surface area contributed by atoms with Crippen LogP contribution in [0.3, 0.4) is 0 Å². The summed E-state index contributed by atoms with van der Waals surface area (Å²) < 4.78 is 30.2. The Bertz CT molecular complexity index is 397. The summed E-state index contributed by atoms with van der Waals surface area (Å²) in [7, 11) is -4.07. The van der Waals surface area contributed by atoms with Crippen molar-refractivity contribution in [3.63, 3.8) is 0 Å². The Hall–Kier alpha value is -0.580. The summed E-state index contributed by atoms with van der Waals surface area (Å²) in [5.41, 5.74) is 1.05. The van der Waals surface area contributed by atoms with Crippen LogP contribution < -0.4 is 0 Å². The third kappa shape index (κ3) is 4.20. The fourth-order valence-corrected chi connectivity index (χ4v) is 1.92. The molecule has 0 saturated heterocycles. The van der Waals surface area contributed by atoms with Gasteiger partial charge in [0.25, 0.3) is 10.1 Å². The molecule has 0 spiro atoms. The summed E-state index contributed by atoms with van der Waals surface area (Å²) in [6.45, 7) is 0. The highest BCUT2D eigenvalue weighted by atomic mass is 35.5. The molecule has 84 valence electrons. The first-order valence-electron chi connectivity index (χ1n) is 4.66. The summed E-state index contributed by atoms with van der Waals surface area (Å²) in [5.74, 6) is 0.642. The summed E-state index contributed by atoms with van der Waals surface area (Å²) in [5, 5.41) is 0. The van der Waals surface area contributed by atoms with Crippen LogP contribution in [-0.2, 0) is 16.5 Å².